The number of methoxy groups -OCH3 is 1. The first kappa shape index (κ1) is 18.7. The van der Waals surface area contributed by atoms with Crippen LogP contribution in [0.2, 0.25) is 0 Å². The smallest absolute Gasteiger partial charge is 0.261 e. The van der Waals surface area contributed by atoms with E-state index >= 15 is 0 Å². The largest absolute Gasteiger partial charge is 0.496 e. The average molecular weight is 385 g/mol. The molecule has 3 aromatic rings. The number of nitrogens with one attached hydrogen (secondary N) is 1. The number of hydrogen-bond acceptors (Lipinski definition) is 5. The molecular weight excluding hydrogens is 366 g/mol. The van der Waals surface area contributed by atoms with Gasteiger partial charge in [0.25, 0.3) is 10.0 Å². The van der Waals surface area contributed by atoms with E-state index in [1.165, 1.54) is 14.0 Å². The molecule has 0 atom stereocenters. The Bertz CT molecular complexity index is 1080. The minimum Gasteiger partial charge on any atom is -0.496 e. The second-order valence-electron chi connectivity index (χ2n) is 6.05. The topological polar surface area (TPSA) is 85.6 Å². The summed E-state index contributed by atoms with van der Waals surface area (Å²) < 4.78 is 38.5. The van der Waals surface area contributed by atoms with Crippen molar-refractivity contribution in [3.63, 3.8) is 0 Å². The van der Waals surface area contributed by atoms with Crippen LogP contribution in [0.3, 0.4) is 0 Å². The second kappa shape index (κ2) is 7.28. The maximum absolute atomic E-state index is 12.5. The van der Waals surface area contributed by atoms with Crippen LogP contribution in [0.4, 0.5) is 5.69 Å². The second-order valence-corrected chi connectivity index (χ2v) is 7.74. The zero-order chi connectivity index (χ0) is 19.6. The Labute approximate surface area is 157 Å². The van der Waals surface area contributed by atoms with Crippen molar-refractivity contribution in [2.75, 3.05) is 11.8 Å². The lowest BCUT2D eigenvalue weighted by molar-refractivity contribution is 0.0988. The number of Topliss-reactive ketones (excluding diaryl/α,β-unsaturated/α-hetero) is 1. The first-order chi connectivity index (χ1) is 12.8. The van der Waals surface area contributed by atoms with E-state index < -0.39 is 10.0 Å². The number of anilines is 1. The van der Waals surface area contributed by atoms with Gasteiger partial charge in [0, 0.05) is 13.0 Å². The summed E-state index contributed by atoms with van der Waals surface area (Å²) in [7, 11) is -2.24. The molecule has 0 unspecified atom stereocenters. The third-order valence-corrected chi connectivity index (χ3v) is 5.40. The Morgan fingerprint density at radius 3 is 2.33 bits per heavy atom. The van der Waals surface area contributed by atoms with E-state index in [9.17, 15) is 13.2 Å². The Hall–Kier alpha value is -3.06. The number of sulfonamides is 1. The summed E-state index contributed by atoms with van der Waals surface area (Å²) in [5.74, 6) is 0.951. The summed E-state index contributed by atoms with van der Waals surface area (Å²) >= 11 is 0. The molecule has 0 aliphatic carbocycles. The number of hydrogen-bond donors (Lipinski definition) is 1. The molecule has 1 aromatic heterocycles. The molecule has 0 saturated carbocycles. The Balaban J connectivity index is 1.91. The third-order valence-electron chi connectivity index (χ3n) is 4.00. The van der Waals surface area contributed by atoms with Crippen molar-refractivity contribution in [1.29, 1.82) is 0 Å². The number of rotatable bonds is 6. The van der Waals surface area contributed by atoms with Gasteiger partial charge in [-0.05, 0) is 43.3 Å². The monoisotopic (exact) mass is 385 g/mol. The Kier molecular flexibility index (Phi) is 5.05. The molecule has 0 amide bonds. The SMILES string of the molecule is COc1cc(NS(=O)(=O)c2ccc(C)cc2)ccc1-c1ccc(C(C)=O)o1. The van der Waals surface area contributed by atoms with E-state index in [4.69, 9.17) is 9.15 Å². The molecule has 0 aliphatic heterocycles. The number of aryl methyl sites for hydroxylation is 1. The van der Waals surface area contributed by atoms with Crippen molar-refractivity contribution in [3.05, 3.63) is 65.9 Å². The molecule has 1 N–H and O–H groups in total. The number of furan rings is 1. The van der Waals surface area contributed by atoms with Gasteiger partial charge in [-0.2, -0.15) is 0 Å². The number of ketones is 1. The highest BCUT2D eigenvalue weighted by Gasteiger charge is 2.17. The molecule has 3 rings (SSSR count). The Morgan fingerprint density at radius 1 is 1.04 bits per heavy atom. The van der Waals surface area contributed by atoms with Gasteiger partial charge < -0.3 is 9.15 Å². The molecule has 1 heterocycles. The highest BCUT2D eigenvalue weighted by molar-refractivity contribution is 7.92. The van der Waals surface area contributed by atoms with Crippen LogP contribution in [-0.2, 0) is 10.0 Å². The van der Waals surface area contributed by atoms with Crippen molar-refractivity contribution in [3.8, 4) is 17.1 Å². The minimum absolute atomic E-state index is 0.174. The van der Waals surface area contributed by atoms with E-state index in [-0.39, 0.29) is 16.4 Å². The maximum atomic E-state index is 12.5. The minimum atomic E-state index is -3.71. The van der Waals surface area contributed by atoms with Gasteiger partial charge in [0.1, 0.15) is 11.5 Å². The average Bonchev–Trinajstić information content (AvgIpc) is 3.12. The number of carbonyl (C=O) groups excluding carboxylic acids is 1. The first-order valence-electron chi connectivity index (χ1n) is 8.19. The molecule has 0 bridgehead atoms. The van der Waals surface area contributed by atoms with Gasteiger partial charge in [-0.15, -0.1) is 0 Å². The standard InChI is InChI=1S/C20H19NO5S/c1-13-4-7-16(8-5-13)27(23,24)21-15-6-9-17(20(12-15)25-3)19-11-10-18(26-19)14(2)22/h4-12,21H,1-3H3. The van der Waals surface area contributed by atoms with Crippen LogP contribution in [0, 0.1) is 6.92 Å². The zero-order valence-electron chi connectivity index (χ0n) is 15.1. The van der Waals surface area contributed by atoms with Crippen LogP contribution < -0.4 is 9.46 Å². The predicted molar refractivity (Wildman–Crippen MR) is 103 cm³/mol. The van der Waals surface area contributed by atoms with Crippen LogP contribution >= 0.6 is 0 Å². The van der Waals surface area contributed by atoms with Gasteiger partial charge in [0.05, 0.1) is 23.3 Å². The van der Waals surface area contributed by atoms with Crippen LogP contribution in [0.5, 0.6) is 5.75 Å². The third kappa shape index (κ3) is 4.03. The van der Waals surface area contributed by atoms with Crippen molar-refractivity contribution in [2.24, 2.45) is 0 Å². The fraction of sp³-hybridized carbons (Fsp3) is 0.150. The van der Waals surface area contributed by atoms with E-state index in [2.05, 4.69) is 4.72 Å². The summed E-state index contributed by atoms with van der Waals surface area (Å²) in [5.41, 5.74) is 1.95. The van der Waals surface area contributed by atoms with Crippen LogP contribution in [0.1, 0.15) is 23.0 Å². The fourth-order valence-corrected chi connectivity index (χ4v) is 3.61. The molecule has 0 spiro atoms. The van der Waals surface area contributed by atoms with Crippen molar-refractivity contribution >= 4 is 21.5 Å². The zero-order valence-corrected chi connectivity index (χ0v) is 16.0. The number of carbonyl (C=O) groups is 1. The van der Waals surface area contributed by atoms with Gasteiger partial charge in [0.15, 0.2) is 11.5 Å². The summed E-state index contributed by atoms with van der Waals surface area (Å²) in [6.45, 7) is 3.31. The quantitative estimate of drug-likeness (QED) is 0.641. The van der Waals surface area contributed by atoms with Gasteiger partial charge in [-0.1, -0.05) is 17.7 Å². The van der Waals surface area contributed by atoms with Crippen molar-refractivity contribution in [1.82, 2.24) is 0 Å². The molecule has 6 nitrogen and oxygen atoms in total. The van der Waals surface area contributed by atoms with Crippen molar-refractivity contribution in [2.45, 2.75) is 18.7 Å². The van der Waals surface area contributed by atoms with E-state index in [0.717, 1.165) is 5.56 Å². The van der Waals surface area contributed by atoms with Crippen LogP contribution in [-0.4, -0.2) is 21.3 Å². The first-order valence-corrected chi connectivity index (χ1v) is 9.67. The van der Waals surface area contributed by atoms with E-state index in [0.29, 0.717) is 22.8 Å². The predicted octanol–water partition coefficient (Wildman–Crippen LogP) is 4.27. The van der Waals surface area contributed by atoms with Gasteiger partial charge in [-0.3, -0.25) is 9.52 Å². The molecule has 0 radical (unpaired) electrons. The molecule has 140 valence electrons. The molecule has 2 aromatic carbocycles. The van der Waals surface area contributed by atoms with Crippen molar-refractivity contribution < 1.29 is 22.4 Å². The van der Waals surface area contributed by atoms with Gasteiger partial charge >= 0.3 is 0 Å². The number of ether oxygens (including phenoxy) is 1. The fourth-order valence-electron chi connectivity index (χ4n) is 2.56. The molecule has 0 aliphatic rings. The van der Waals surface area contributed by atoms with Gasteiger partial charge in [0.2, 0.25) is 0 Å². The lowest BCUT2D eigenvalue weighted by Gasteiger charge is -2.12. The molecule has 0 fully saturated rings. The summed E-state index contributed by atoms with van der Waals surface area (Å²) in [5, 5.41) is 0. The summed E-state index contributed by atoms with van der Waals surface area (Å²) in [6, 6.07) is 14.7. The van der Waals surface area contributed by atoms with Gasteiger partial charge in [-0.25, -0.2) is 8.42 Å². The molecule has 27 heavy (non-hydrogen) atoms. The number of benzene rings is 2. The summed E-state index contributed by atoms with van der Waals surface area (Å²) in [4.78, 5) is 11.6. The lowest BCUT2D eigenvalue weighted by atomic mass is 10.1. The summed E-state index contributed by atoms with van der Waals surface area (Å²) in [6.07, 6.45) is 0. The molecular formula is C20H19NO5S. The van der Waals surface area contributed by atoms with E-state index in [1.807, 2.05) is 6.92 Å². The molecule has 7 heteroatoms. The van der Waals surface area contributed by atoms with Crippen LogP contribution in [0.15, 0.2) is 63.9 Å². The maximum Gasteiger partial charge on any atom is 0.261 e. The lowest BCUT2D eigenvalue weighted by Crippen LogP contribution is -2.13. The highest BCUT2D eigenvalue weighted by atomic mass is 32.2. The highest BCUT2D eigenvalue weighted by Crippen LogP contribution is 2.34. The van der Waals surface area contributed by atoms with E-state index in [1.54, 1.807) is 54.6 Å². The van der Waals surface area contributed by atoms with Crippen LogP contribution in [0.25, 0.3) is 11.3 Å². The Morgan fingerprint density at radius 2 is 1.74 bits per heavy atom. The molecule has 0 saturated heterocycles. The normalized spacial score (nSPS) is 11.2.